The second-order valence-corrected chi connectivity index (χ2v) is 1.58. The van der Waals surface area contributed by atoms with Crippen molar-refractivity contribution in [2.45, 2.75) is 6.43 Å². The number of hydrogen-bond donors (Lipinski definition) is 0. The van der Waals surface area contributed by atoms with Crippen molar-refractivity contribution in [2.24, 2.45) is 4.99 Å². The lowest BCUT2D eigenvalue weighted by molar-refractivity contribution is 0.126. The smallest absolute Gasteiger partial charge is 0.255 e. The third kappa shape index (κ3) is 1.95. The molecule has 4 heteroatoms. The Hall–Kier alpha value is -0.670. The van der Waals surface area contributed by atoms with Crippen LogP contribution in [0.4, 0.5) is 8.78 Å². The highest BCUT2D eigenvalue weighted by Gasteiger charge is 2.12. The van der Waals surface area contributed by atoms with Crippen LogP contribution in [0.5, 0.6) is 0 Å². The summed E-state index contributed by atoms with van der Waals surface area (Å²) in [5.74, 6) is 0. The Kier molecular flexibility index (Phi) is 1.97. The van der Waals surface area contributed by atoms with Gasteiger partial charge in [-0.25, -0.2) is 8.78 Å². The molecule has 2 nitrogen and oxygen atoms in total. The molecule has 0 bridgehead atoms. The number of nitrogens with zero attached hydrogens (tertiary/aromatic N) is 2. The number of aliphatic imine (C=N–C) groups is 1. The predicted molar refractivity (Wildman–Crippen MR) is 28.3 cm³/mol. The van der Waals surface area contributed by atoms with Crippen LogP contribution in [-0.2, 0) is 0 Å². The zero-order valence-electron chi connectivity index (χ0n) is 4.64. The Morgan fingerprint density at radius 3 is 2.89 bits per heavy atom. The SMILES string of the molecule is FC(F)CN1[C]CN=[C]1. The van der Waals surface area contributed by atoms with E-state index in [0.717, 1.165) is 4.90 Å². The summed E-state index contributed by atoms with van der Waals surface area (Å²) in [6.45, 7) is 2.57. The van der Waals surface area contributed by atoms with E-state index in [1.165, 1.54) is 0 Å². The monoisotopic (exact) mass is 131 g/mol. The number of alkyl halides is 2. The summed E-state index contributed by atoms with van der Waals surface area (Å²) in [6, 6.07) is 0. The Morgan fingerprint density at radius 2 is 2.44 bits per heavy atom. The van der Waals surface area contributed by atoms with Gasteiger partial charge in [0.2, 0.25) is 0 Å². The first kappa shape index (κ1) is 6.45. The van der Waals surface area contributed by atoms with Gasteiger partial charge in [0.15, 0.2) is 6.34 Å². The maximum absolute atomic E-state index is 11.5. The normalized spacial score (nSPS) is 17.9. The van der Waals surface area contributed by atoms with Crippen molar-refractivity contribution < 1.29 is 8.78 Å². The molecule has 0 saturated heterocycles. The molecule has 0 unspecified atom stereocenters. The van der Waals surface area contributed by atoms with Crippen LogP contribution in [0.3, 0.4) is 0 Å². The van der Waals surface area contributed by atoms with Gasteiger partial charge < -0.3 is 4.90 Å². The summed E-state index contributed by atoms with van der Waals surface area (Å²) >= 11 is 0. The minimum Gasteiger partial charge on any atom is -0.335 e. The van der Waals surface area contributed by atoms with Crippen LogP contribution in [0, 0.1) is 6.54 Å². The van der Waals surface area contributed by atoms with Crippen LogP contribution in [0.25, 0.3) is 0 Å². The van der Waals surface area contributed by atoms with Crippen LogP contribution in [-0.4, -0.2) is 30.8 Å². The lowest BCUT2D eigenvalue weighted by atomic mass is 10.5. The van der Waals surface area contributed by atoms with E-state index in [1.54, 1.807) is 0 Å². The van der Waals surface area contributed by atoms with Crippen LogP contribution in [0.1, 0.15) is 0 Å². The van der Waals surface area contributed by atoms with Gasteiger partial charge in [0.05, 0.1) is 13.1 Å². The molecule has 0 atom stereocenters. The van der Waals surface area contributed by atoms with E-state index < -0.39 is 6.43 Å². The van der Waals surface area contributed by atoms with Gasteiger partial charge in [0.25, 0.3) is 6.43 Å². The Balaban J connectivity index is 2.20. The van der Waals surface area contributed by atoms with Gasteiger partial charge in [-0.2, -0.15) is 0 Å². The quantitative estimate of drug-likeness (QED) is 0.533. The minimum atomic E-state index is -2.33. The van der Waals surface area contributed by atoms with Crippen molar-refractivity contribution >= 4 is 6.34 Å². The molecule has 1 aliphatic heterocycles. The van der Waals surface area contributed by atoms with E-state index in [9.17, 15) is 8.78 Å². The summed E-state index contributed by atoms with van der Waals surface area (Å²) < 4.78 is 23.0. The van der Waals surface area contributed by atoms with Gasteiger partial charge in [0.1, 0.15) is 6.54 Å². The summed E-state index contributed by atoms with van der Waals surface area (Å²) in [5, 5.41) is 0. The molecule has 0 saturated carbocycles. The maximum Gasteiger partial charge on any atom is 0.255 e. The van der Waals surface area contributed by atoms with Gasteiger partial charge in [-0.1, -0.05) is 0 Å². The standard InChI is InChI=1S/C5H5F2N2/c6-5(7)3-9-2-1-8-4-9/h5H,1,3H2. The second-order valence-electron chi connectivity index (χ2n) is 1.58. The van der Waals surface area contributed by atoms with Gasteiger partial charge in [-0.15, -0.1) is 0 Å². The molecule has 0 aromatic rings. The molecule has 3 radical (unpaired) electrons. The summed E-state index contributed by atoms with van der Waals surface area (Å²) in [4.78, 5) is 4.69. The third-order valence-corrected chi connectivity index (χ3v) is 0.853. The second kappa shape index (κ2) is 2.75. The lowest BCUT2D eigenvalue weighted by Crippen LogP contribution is -2.22. The van der Waals surface area contributed by atoms with E-state index in [0.29, 0.717) is 6.54 Å². The average Bonchev–Trinajstić information content (AvgIpc) is 2.15. The molecule has 9 heavy (non-hydrogen) atoms. The molecule has 0 aromatic heterocycles. The van der Waals surface area contributed by atoms with Gasteiger partial charge >= 0.3 is 0 Å². The van der Waals surface area contributed by atoms with E-state index in [4.69, 9.17) is 0 Å². The first-order valence-electron chi connectivity index (χ1n) is 2.50. The van der Waals surface area contributed by atoms with E-state index in [1.807, 2.05) is 0 Å². The van der Waals surface area contributed by atoms with Crippen molar-refractivity contribution in [3.05, 3.63) is 6.54 Å². The zero-order chi connectivity index (χ0) is 6.69. The van der Waals surface area contributed by atoms with Gasteiger partial charge in [0, 0.05) is 0 Å². The van der Waals surface area contributed by atoms with Crippen molar-refractivity contribution in [1.82, 2.24) is 4.90 Å². The van der Waals surface area contributed by atoms with E-state index in [2.05, 4.69) is 17.9 Å². The molecule has 0 aliphatic carbocycles. The topological polar surface area (TPSA) is 15.6 Å². The molecule has 0 spiro atoms. The first-order valence-corrected chi connectivity index (χ1v) is 2.50. The molecule has 1 aliphatic rings. The number of hydrogen-bond acceptors (Lipinski definition) is 2. The molecular weight excluding hydrogens is 126 g/mol. The van der Waals surface area contributed by atoms with Crippen molar-refractivity contribution in [2.75, 3.05) is 13.1 Å². The fraction of sp³-hybridized carbons (Fsp3) is 0.600. The molecule has 1 heterocycles. The largest absolute Gasteiger partial charge is 0.335 e. The van der Waals surface area contributed by atoms with E-state index >= 15 is 0 Å². The van der Waals surface area contributed by atoms with Gasteiger partial charge in [-0.3, -0.25) is 4.99 Å². The lowest BCUT2D eigenvalue weighted by Gasteiger charge is -2.08. The molecule has 1 rings (SSSR count). The Morgan fingerprint density at radius 1 is 1.67 bits per heavy atom. The van der Waals surface area contributed by atoms with Crippen LogP contribution >= 0.6 is 0 Å². The highest BCUT2D eigenvalue weighted by Crippen LogP contribution is 2.02. The fourth-order valence-electron chi connectivity index (χ4n) is 0.520. The summed E-state index contributed by atoms with van der Waals surface area (Å²) in [5.41, 5.74) is 0. The molecule has 0 aromatic carbocycles. The average molecular weight is 131 g/mol. The van der Waals surface area contributed by atoms with Crippen molar-refractivity contribution in [3.8, 4) is 0 Å². The van der Waals surface area contributed by atoms with E-state index in [-0.39, 0.29) is 6.54 Å². The predicted octanol–water partition coefficient (Wildman–Crippen LogP) is 0.511. The van der Waals surface area contributed by atoms with Crippen LogP contribution in [0.2, 0.25) is 0 Å². The highest BCUT2D eigenvalue weighted by molar-refractivity contribution is 5.58. The fourth-order valence-corrected chi connectivity index (χ4v) is 0.520. The summed E-state index contributed by atoms with van der Waals surface area (Å²) in [6.07, 6.45) is 0.0202. The molecule has 49 valence electrons. The summed E-state index contributed by atoms with van der Waals surface area (Å²) in [7, 11) is 0. The van der Waals surface area contributed by atoms with Crippen LogP contribution in [0.15, 0.2) is 4.99 Å². The zero-order valence-corrected chi connectivity index (χ0v) is 4.64. The number of rotatable bonds is 2. The first-order chi connectivity index (χ1) is 4.29. The molecular formula is C5H5F2N2. The minimum absolute atomic E-state index is 0.344. The Labute approximate surface area is 52.2 Å². The maximum atomic E-state index is 11.5. The molecule has 0 amide bonds. The number of halogens is 2. The van der Waals surface area contributed by atoms with Gasteiger partial charge in [-0.05, 0) is 0 Å². The van der Waals surface area contributed by atoms with Crippen molar-refractivity contribution in [3.63, 3.8) is 0 Å². The van der Waals surface area contributed by atoms with Crippen LogP contribution < -0.4 is 0 Å². The van der Waals surface area contributed by atoms with Crippen molar-refractivity contribution in [1.29, 1.82) is 0 Å². The highest BCUT2D eigenvalue weighted by atomic mass is 19.3. The third-order valence-electron chi connectivity index (χ3n) is 0.853. The molecule has 0 fully saturated rings. The Bertz CT molecular complexity index is 114. The molecule has 0 N–H and O–H groups in total.